The first kappa shape index (κ1) is 19.4. The van der Waals surface area contributed by atoms with E-state index in [9.17, 15) is 0 Å². The van der Waals surface area contributed by atoms with Gasteiger partial charge in [-0.15, -0.1) is 12.4 Å². The number of halogens is 2. The molecule has 0 aliphatic carbocycles. The topological polar surface area (TPSA) is 47.7 Å². The van der Waals surface area contributed by atoms with E-state index in [0.29, 0.717) is 22.6 Å². The van der Waals surface area contributed by atoms with Crippen molar-refractivity contribution in [3.05, 3.63) is 22.7 Å². The molecule has 1 aliphatic heterocycles. The summed E-state index contributed by atoms with van der Waals surface area (Å²) in [7, 11) is 3.24. The SMILES string of the molecule is COc1ccc(CN2CCCCC2CCN)c(Cl)c1OC.Cl. The minimum absolute atomic E-state index is 0. The molecule has 6 heteroatoms. The number of benzene rings is 1. The van der Waals surface area contributed by atoms with Gasteiger partial charge in [0.25, 0.3) is 0 Å². The third kappa shape index (κ3) is 4.42. The van der Waals surface area contributed by atoms with Crippen molar-refractivity contribution in [3.63, 3.8) is 0 Å². The van der Waals surface area contributed by atoms with Gasteiger partial charge in [-0.25, -0.2) is 0 Å². The lowest BCUT2D eigenvalue weighted by atomic mass is 9.98. The molecule has 0 amide bonds. The lowest BCUT2D eigenvalue weighted by Gasteiger charge is -2.36. The first-order valence-electron chi connectivity index (χ1n) is 7.54. The van der Waals surface area contributed by atoms with Gasteiger partial charge in [-0.05, 0) is 44.0 Å². The molecule has 1 atom stereocenters. The van der Waals surface area contributed by atoms with Crippen LogP contribution < -0.4 is 15.2 Å². The van der Waals surface area contributed by atoms with E-state index >= 15 is 0 Å². The number of hydrogen-bond donors (Lipinski definition) is 1. The van der Waals surface area contributed by atoms with Crippen molar-refractivity contribution in [3.8, 4) is 11.5 Å². The maximum atomic E-state index is 6.48. The van der Waals surface area contributed by atoms with Crippen molar-refractivity contribution in [2.45, 2.75) is 38.3 Å². The number of hydrogen-bond acceptors (Lipinski definition) is 4. The Hall–Kier alpha value is -0.680. The molecular formula is C16H26Cl2N2O2. The van der Waals surface area contributed by atoms with Crippen LogP contribution in [-0.4, -0.2) is 38.3 Å². The van der Waals surface area contributed by atoms with Gasteiger partial charge < -0.3 is 15.2 Å². The predicted molar refractivity (Wildman–Crippen MR) is 93.5 cm³/mol. The molecule has 1 aliphatic rings. The zero-order chi connectivity index (χ0) is 15.2. The van der Waals surface area contributed by atoms with Crippen LogP contribution in [0.1, 0.15) is 31.2 Å². The molecule has 4 nitrogen and oxygen atoms in total. The zero-order valence-corrected chi connectivity index (χ0v) is 14.9. The Morgan fingerprint density at radius 3 is 2.68 bits per heavy atom. The third-order valence-corrected chi connectivity index (χ3v) is 4.60. The standard InChI is InChI=1S/C16H25ClN2O2.ClH/c1-20-14-7-6-12(15(17)16(14)21-2)11-19-10-4-3-5-13(19)8-9-18;/h6-7,13H,3-5,8-11,18H2,1-2H3;1H. The molecule has 0 bridgehead atoms. The Morgan fingerprint density at radius 1 is 1.27 bits per heavy atom. The smallest absolute Gasteiger partial charge is 0.179 e. The van der Waals surface area contributed by atoms with Crippen molar-refractivity contribution < 1.29 is 9.47 Å². The molecule has 0 saturated carbocycles. The van der Waals surface area contributed by atoms with Gasteiger partial charge in [0.05, 0.1) is 19.2 Å². The van der Waals surface area contributed by atoms with Crippen LogP contribution in [0.3, 0.4) is 0 Å². The molecule has 22 heavy (non-hydrogen) atoms. The second kappa shape index (κ2) is 9.46. The van der Waals surface area contributed by atoms with Crippen molar-refractivity contribution in [2.24, 2.45) is 5.73 Å². The van der Waals surface area contributed by atoms with E-state index in [2.05, 4.69) is 4.90 Å². The number of methoxy groups -OCH3 is 2. The summed E-state index contributed by atoms with van der Waals surface area (Å²) < 4.78 is 10.7. The largest absolute Gasteiger partial charge is 0.493 e. The minimum atomic E-state index is 0. The monoisotopic (exact) mass is 348 g/mol. The predicted octanol–water partition coefficient (Wildman–Crippen LogP) is 3.48. The molecule has 1 aromatic rings. The Bertz CT molecular complexity index is 470. The molecule has 2 rings (SSSR count). The highest BCUT2D eigenvalue weighted by Crippen LogP contribution is 2.38. The van der Waals surface area contributed by atoms with Crippen LogP contribution >= 0.6 is 24.0 Å². The fourth-order valence-electron chi connectivity index (χ4n) is 3.06. The highest BCUT2D eigenvalue weighted by Gasteiger charge is 2.23. The summed E-state index contributed by atoms with van der Waals surface area (Å²) in [4.78, 5) is 2.49. The second-order valence-corrected chi connectivity index (χ2v) is 5.85. The fraction of sp³-hybridized carbons (Fsp3) is 0.625. The maximum Gasteiger partial charge on any atom is 0.179 e. The summed E-state index contributed by atoms with van der Waals surface area (Å²) in [6.45, 7) is 2.68. The van der Waals surface area contributed by atoms with Crippen LogP contribution in [-0.2, 0) is 6.54 Å². The Labute approximate surface area is 144 Å². The molecule has 1 unspecified atom stereocenters. The highest BCUT2D eigenvalue weighted by molar-refractivity contribution is 6.33. The van der Waals surface area contributed by atoms with Crippen molar-refractivity contribution in [1.29, 1.82) is 0 Å². The van der Waals surface area contributed by atoms with Crippen molar-refractivity contribution in [1.82, 2.24) is 4.90 Å². The number of rotatable bonds is 6. The summed E-state index contributed by atoms with van der Waals surface area (Å²) in [6, 6.07) is 4.51. The summed E-state index contributed by atoms with van der Waals surface area (Å²) in [5.74, 6) is 1.28. The van der Waals surface area contributed by atoms with Crippen molar-refractivity contribution >= 4 is 24.0 Å². The van der Waals surface area contributed by atoms with Gasteiger partial charge in [-0.3, -0.25) is 4.90 Å². The van der Waals surface area contributed by atoms with E-state index in [1.807, 2.05) is 12.1 Å². The van der Waals surface area contributed by atoms with Gasteiger partial charge in [0, 0.05) is 12.6 Å². The van der Waals surface area contributed by atoms with Gasteiger partial charge >= 0.3 is 0 Å². The Balaban J connectivity index is 0.00000242. The normalized spacial score (nSPS) is 18.6. The summed E-state index contributed by atoms with van der Waals surface area (Å²) in [5, 5.41) is 0.647. The molecule has 1 aromatic carbocycles. The van der Waals surface area contributed by atoms with Gasteiger partial charge in [0.1, 0.15) is 0 Å². The second-order valence-electron chi connectivity index (χ2n) is 5.47. The Kier molecular flexibility index (Phi) is 8.33. The summed E-state index contributed by atoms with van der Waals surface area (Å²) in [5.41, 5.74) is 6.82. The Morgan fingerprint density at radius 2 is 2.05 bits per heavy atom. The van der Waals surface area contributed by atoms with E-state index in [-0.39, 0.29) is 12.4 Å². The number of likely N-dealkylation sites (tertiary alicyclic amines) is 1. The molecule has 0 spiro atoms. The highest BCUT2D eigenvalue weighted by atomic mass is 35.5. The van der Waals surface area contributed by atoms with Gasteiger partial charge in [-0.2, -0.15) is 0 Å². The molecule has 126 valence electrons. The van der Waals surface area contributed by atoms with Crippen LogP contribution in [0.5, 0.6) is 11.5 Å². The minimum Gasteiger partial charge on any atom is -0.493 e. The molecular weight excluding hydrogens is 323 g/mol. The lowest BCUT2D eigenvalue weighted by molar-refractivity contribution is 0.134. The summed E-state index contributed by atoms with van der Waals surface area (Å²) >= 11 is 6.48. The van der Waals surface area contributed by atoms with E-state index in [1.54, 1.807) is 14.2 Å². The van der Waals surface area contributed by atoms with Gasteiger partial charge in [0.2, 0.25) is 0 Å². The average molecular weight is 349 g/mol. The molecule has 0 aromatic heterocycles. The van der Waals surface area contributed by atoms with E-state index in [4.69, 9.17) is 26.8 Å². The maximum absolute atomic E-state index is 6.48. The van der Waals surface area contributed by atoms with Gasteiger partial charge in [0.15, 0.2) is 11.5 Å². The van der Waals surface area contributed by atoms with E-state index in [1.165, 1.54) is 19.3 Å². The van der Waals surface area contributed by atoms with Crippen LogP contribution in [0.25, 0.3) is 0 Å². The molecule has 2 N–H and O–H groups in total. The lowest BCUT2D eigenvalue weighted by Crippen LogP contribution is -2.40. The first-order valence-corrected chi connectivity index (χ1v) is 7.92. The number of nitrogens with two attached hydrogens (primary N) is 1. The van der Waals surface area contributed by atoms with Gasteiger partial charge in [-0.1, -0.05) is 24.1 Å². The zero-order valence-electron chi connectivity index (χ0n) is 13.3. The quantitative estimate of drug-likeness (QED) is 0.854. The fourth-order valence-corrected chi connectivity index (χ4v) is 3.35. The van der Waals surface area contributed by atoms with E-state index < -0.39 is 0 Å². The molecule has 1 saturated heterocycles. The van der Waals surface area contributed by atoms with Crippen LogP contribution in [0.15, 0.2) is 12.1 Å². The van der Waals surface area contributed by atoms with Crippen molar-refractivity contribution in [2.75, 3.05) is 27.3 Å². The van der Waals surface area contributed by atoms with E-state index in [0.717, 1.165) is 31.6 Å². The number of piperidine rings is 1. The third-order valence-electron chi connectivity index (χ3n) is 4.19. The molecule has 0 radical (unpaired) electrons. The average Bonchev–Trinajstić information content (AvgIpc) is 2.51. The molecule has 1 fully saturated rings. The number of ether oxygens (including phenoxy) is 2. The van der Waals surface area contributed by atoms with Crippen LogP contribution in [0, 0.1) is 0 Å². The van der Waals surface area contributed by atoms with Crippen LogP contribution in [0.2, 0.25) is 5.02 Å². The first-order chi connectivity index (χ1) is 10.2. The van der Waals surface area contributed by atoms with Crippen LogP contribution in [0.4, 0.5) is 0 Å². The molecule has 1 heterocycles. The number of nitrogens with zero attached hydrogens (tertiary/aromatic N) is 1. The summed E-state index contributed by atoms with van der Waals surface area (Å²) in [6.07, 6.45) is 4.81.